The van der Waals surface area contributed by atoms with Gasteiger partial charge in [0.25, 0.3) is 5.91 Å². The lowest BCUT2D eigenvalue weighted by Crippen LogP contribution is -2.30. The number of benzene rings is 2. The summed E-state index contributed by atoms with van der Waals surface area (Å²) in [7, 11) is 3.29. The van der Waals surface area contributed by atoms with E-state index in [9.17, 15) is 4.79 Å². The lowest BCUT2D eigenvalue weighted by atomic mass is 10.0. The molecule has 3 aromatic rings. The van der Waals surface area contributed by atoms with Gasteiger partial charge in [-0.05, 0) is 60.9 Å². The van der Waals surface area contributed by atoms with Crippen LogP contribution in [0.3, 0.4) is 0 Å². The Balaban J connectivity index is 1.55. The maximum atomic E-state index is 13.1. The fourth-order valence-electron chi connectivity index (χ4n) is 3.70. The average Bonchev–Trinajstić information content (AvgIpc) is 3.43. The number of aromatic amines is 1. The molecule has 1 aliphatic heterocycles. The molecule has 2 aromatic carbocycles. The van der Waals surface area contributed by atoms with Crippen molar-refractivity contribution in [1.29, 1.82) is 0 Å². The Kier molecular flexibility index (Phi) is 5.02. The molecule has 0 unspecified atom stereocenters. The Morgan fingerprint density at radius 1 is 1.07 bits per heavy atom. The van der Waals surface area contributed by atoms with E-state index in [1.807, 2.05) is 53.4 Å². The molecule has 144 valence electrons. The van der Waals surface area contributed by atoms with Crippen molar-refractivity contribution in [1.82, 2.24) is 15.1 Å². The van der Waals surface area contributed by atoms with Crippen LogP contribution in [0.4, 0.5) is 0 Å². The number of H-pyrrole nitrogens is 1. The molecule has 0 radical (unpaired) electrons. The SMILES string of the molecule is COc1ccc(-c2cc(C(=O)N3CCC[C@@H]3c3cccc(OC)c3)[nH]n2)cc1. The van der Waals surface area contributed by atoms with Crippen molar-refractivity contribution in [3.8, 4) is 22.8 Å². The zero-order valence-corrected chi connectivity index (χ0v) is 16.0. The van der Waals surface area contributed by atoms with Gasteiger partial charge in [0.1, 0.15) is 17.2 Å². The molecular formula is C22H23N3O3. The van der Waals surface area contributed by atoms with Crippen molar-refractivity contribution in [3.63, 3.8) is 0 Å². The number of likely N-dealkylation sites (tertiary alicyclic amines) is 1. The van der Waals surface area contributed by atoms with Gasteiger partial charge in [-0.1, -0.05) is 12.1 Å². The van der Waals surface area contributed by atoms with Gasteiger partial charge in [-0.2, -0.15) is 5.10 Å². The summed E-state index contributed by atoms with van der Waals surface area (Å²) >= 11 is 0. The van der Waals surface area contributed by atoms with Gasteiger partial charge in [0.2, 0.25) is 0 Å². The van der Waals surface area contributed by atoms with Crippen LogP contribution in [-0.2, 0) is 0 Å². The van der Waals surface area contributed by atoms with E-state index in [1.165, 1.54) is 0 Å². The smallest absolute Gasteiger partial charge is 0.272 e. The minimum Gasteiger partial charge on any atom is -0.497 e. The average molecular weight is 377 g/mol. The summed E-state index contributed by atoms with van der Waals surface area (Å²) in [5, 5.41) is 7.23. The van der Waals surface area contributed by atoms with Gasteiger partial charge in [0, 0.05) is 12.1 Å². The van der Waals surface area contributed by atoms with Gasteiger partial charge in [-0.3, -0.25) is 9.89 Å². The molecule has 1 atom stereocenters. The Bertz CT molecular complexity index is 965. The third-order valence-electron chi connectivity index (χ3n) is 5.19. The van der Waals surface area contributed by atoms with Crippen molar-refractivity contribution in [2.45, 2.75) is 18.9 Å². The lowest BCUT2D eigenvalue weighted by molar-refractivity contribution is 0.0729. The molecule has 6 nitrogen and oxygen atoms in total. The first kappa shape index (κ1) is 18.1. The lowest BCUT2D eigenvalue weighted by Gasteiger charge is -2.24. The summed E-state index contributed by atoms with van der Waals surface area (Å²) < 4.78 is 10.5. The van der Waals surface area contributed by atoms with E-state index >= 15 is 0 Å². The van der Waals surface area contributed by atoms with Gasteiger partial charge in [0.05, 0.1) is 26.0 Å². The number of hydrogen-bond donors (Lipinski definition) is 1. The van der Waals surface area contributed by atoms with Crippen LogP contribution in [0.2, 0.25) is 0 Å². The minimum atomic E-state index is -0.0300. The van der Waals surface area contributed by atoms with Gasteiger partial charge in [-0.15, -0.1) is 0 Å². The number of carbonyl (C=O) groups excluding carboxylic acids is 1. The van der Waals surface area contributed by atoms with E-state index in [0.717, 1.165) is 47.7 Å². The summed E-state index contributed by atoms with van der Waals surface area (Å²) in [5.41, 5.74) is 3.27. The van der Waals surface area contributed by atoms with Crippen LogP contribution in [0.15, 0.2) is 54.6 Å². The van der Waals surface area contributed by atoms with Crippen molar-refractivity contribution >= 4 is 5.91 Å². The van der Waals surface area contributed by atoms with Crippen molar-refractivity contribution in [3.05, 3.63) is 65.9 Å². The molecule has 1 fully saturated rings. The van der Waals surface area contributed by atoms with E-state index in [2.05, 4.69) is 16.3 Å². The normalized spacial score (nSPS) is 16.2. The highest BCUT2D eigenvalue weighted by atomic mass is 16.5. The molecule has 28 heavy (non-hydrogen) atoms. The second-order valence-corrected chi connectivity index (χ2v) is 6.83. The van der Waals surface area contributed by atoms with Crippen molar-refractivity contribution in [2.75, 3.05) is 20.8 Å². The fourth-order valence-corrected chi connectivity index (χ4v) is 3.70. The highest BCUT2D eigenvalue weighted by Crippen LogP contribution is 2.34. The maximum Gasteiger partial charge on any atom is 0.272 e. The Morgan fingerprint density at radius 2 is 1.86 bits per heavy atom. The fraction of sp³-hybridized carbons (Fsp3) is 0.273. The zero-order chi connectivity index (χ0) is 19.5. The third kappa shape index (κ3) is 3.45. The van der Waals surface area contributed by atoms with Gasteiger partial charge >= 0.3 is 0 Å². The first-order chi connectivity index (χ1) is 13.7. The van der Waals surface area contributed by atoms with E-state index in [-0.39, 0.29) is 11.9 Å². The first-order valence-electron chi connectivity index (χ1n) is 9.34. The van der Waals surface area contributed by atoms with E-state index < -0.39 is 0 Å². The number of ether oxygens (including phenoxy) is 2. The van der Waals surface area contributed by atoms with Crippen molar-refractivity contribution < 1.29 is 14.3 Å². The van der Waals surface area contributed by atoms with Crippen LogP contribution in [0, 0.1) is 0 Å². The molecule has 0 spiro atoms. The van der Waals surface area contributed by atoms with Crippen LogP contribution >= 0.6 is 0 Å². The van der Waals surface area contributed by atoms with Crippen LogP contribution in [0.1, 0.15) is 34.9 Å². The summed E-state index contributed by atoms with van der Waals surface area (Å²) in [6.45, 7) is 0.734. The summed E-state index contributed by atoms with van der Waals surface area (Å²) in [4.78, 5) is 15.1. The molecule has 0 saturated carbocycles. The minimum absolute atomic E-state index is 0.0300. The summed E-state index contributed by atoms with van der Waals surface area (Å²) in [6, 6.07) is 17.4. The summed E-state index contributed by atoms with van der Waals surface area (Å²) in [6.07, 6.45) is 1.92. The molecule has 1 saturated heterocycles. The highest BCUT2D eigenvalue weighted by molar-refractivity contribution is 5.94. The predicted molar refractivity (Wildman–Crippen MR) is 107 cm³/mol. The highest BCUT2D eigenvalue weighted by Gasteiger charge is 2.31. The number of amides is 1. The predicted octanol–water partition coefficient (Wildman–Crippen LogP) is 4.07. The molecule has 1 amide bonds. The van der Waals surface area contributed by atoms with E-state index in [1.54, 1.807) is 14.2 Å². The number of hydrogen-bond acceptors (Lipinski definition) is 4. The molecule has 1 N–H and O–H groups in total. The monoisotopic (exact) mass is 377 g/mol. The molecule has 4 rings (SSSR count). The second kappa shape index (κ2) is 7.76. The first-order valence-corrected chi connectivity index (χ1v) is 9.34. The number of nitrogens with zero attached hydrogens (tertiary/aromatic N) is 2. The van der Waals surface area contributed by atoms with Gasteiger partial charge < -0.3 is 14.4 Å². The molecule has 0 aliphatic carbocycles. The van der Waals surface area contributed by atoms with E-state index in [0.29, 0.717) is 5.69 Å². The van der Waals surface area contributed by atoms with E-state index in [4.69, 9.17) is 9.47 Å². The number of carbonyl (C=O) groups is 1. The van der Waals surface area contributed by atoms with Crippen molar-refractivity contribution in [2.24, 2.45) is 0 Å². The van der Waals surface area contributed by atoms with Crippen LogP contribution < -0.4 is 9.47 Å². The van der Waals surface area contributed by atoms with Crippen LogP contribution in [0.25, 0.3) is 11.3 Å². The second-order valence-electron chi connectivity index (χ2n) is 6.83. The Hall–Kier alpha value is -3.28. The molecule has 1 aliphatic rings. The number of aromatic nitrogens is 2. The number of methoxy groups -OCH3 is 2. The zero-order valence-electron chi connectivity index (χ0n) is 16.0. The van der Waals surface area contributed by atoms with Crippen LogP contribution in [0.5, 0.6) is 11.5 Å². The molecule has 2 heterocycles. The molecular weight excluding hydrogens is 354 g/mol. The number of nitrogens with one attached hydrogen (secondary N) is 1. The van der Waals surface area contributed by atoms with Gasteiger partial charge in [0.15, 0.2) is 0 Å². The number of rotatable bonds is 5. The molecule has 6 heteroatoms. The largest absolute Gasteiger partial charge is 0.497 e. The summed E-state index contributed by atoms with van der Waals surface area (Å²) in [5.74, 6) is 1.56. The topological polar surface area (TPSA) is 67.4 Å². The standard InChI is InChI=1S/C22H23N3O3/c1-27-17-10-8-15(9-11-17)19-14-20(24-23-19)22(26)25-12-4-7-21(25)16-5-3-6-18(13-16)28-2/h3,5-6,8-11,13-14,21H,4,7,12H2,1-2H3,(H,23,24)/t21-/m1/s1. The third-order valence-corrected chi connectivity index (χ3v) is 5.19. The quantitative estimate of drug-likeness (QED) is 0.728. The van der Waals surface area contributed by atoms with Gasteiger partial charge in [-0.25, -0.2) is 0 Å². The molecule has 0 bridgehead atoms. The Morgan fingerprint density at radius 3 is 2.61 bits per heavy atom. The Labute approximate surface area is 164 Å². The molecule has 1 aromatic heterocycles. The maximum absolute atomic E-state index is 13.1. The van der Waals surface area contributed by atoms with Crippen LogP contribution in [-0.4, -0.2) is 41.8 Å².